The summed E-state index contributed by atoms with van der Waals surface area (Å²) in [7, 11) is 0. The molecule has 0 atom stereocenters. The number of piperidine rings is 1. The highest BCUT2D eigenvalue weighted by Crippen LogP contribution is 2.28. The van der Waals surface area contributed by atoms with E-state index in [1.54, 1.807) is 0 Å². The smallest absolute Gasteiger partial charge is 0.0681 e. The fourth-order valence-electron chi connectivity index (χ4n) is 1.78. The van der Waals surface area contributed by atoms with Gasteiger partial charge in [-0.3, -0.25) is 0 Å². The Labute approximate surface area is 95.1 Å². The van der Waals surface area contributed by atoms with Crippen LogP contribution in [0.1, 0.15) is 18.4 Å². The maximum atomic E-state index is 8.93. The maximum Gasteiger partial charge on any atom is 0.0681 e. The molecule has 0 radical (unpaired) electrons. The third kappa shape index (κ3) is 3.23. The normalized spacial score (nSPS) is 17.9. The van der Waals surface area contributed by atoms with Crippen LogP contribution >= 0.6 is 11.8 Å². The highest BCUT2D eigenvalue weighted by molar-refractivity contribution is 8.00. The highest BCUT2D eigenvalue weighted by Gasteiger charge is 2.13. The van der Waals surface area contributed by atoms with Crippen LogP contribution in [0, 0.1) is 0 Å². The van der Waals surface area contributed by atoms with Crippen LogP contribution in [0.5, 0.6) is 0 Å². The Bertz CT molecular complexity index is 293. The van der Waals surface area contributed by atoms with Gasteiger partial charge in [0.1, 0.15) is 0 Å². The van der Waals surface area contributed by atoms with Crippen LogP contribution in [0.25, 0.3) is 0 Å². The Morgan fingerprint density at radius 3 is 2.47 bits per heavy atom. The summed E-state index contributed by atoms with van der Waals surface area (Å²) in [4.78, 5) is 1.32. The first-order valence-corrected chi connectivity index (χ1v) is 6.33. The van der Waals surface area contributed by atoms with E-state index in [4.69, 9.17) is 5.11 Å². The van der Waals surface area contributed by atoms with E-state index in [0.717, 1.165) is 23.9 Å². The van der Waals surface area contributed by atoms with Gasteiger partial charge in [-0.1, -0.05) is 12.1 Å². The van der Waals surface area contributed by atoms with Crippen LogP contribution < -0.4 is 5.32 Å². The van der Waals surface area contributed by atoms with Gasteiger partial charge in [0.05, 0.1) is 6.61 Å². The predicted octanol–water partition coefficient (Wildman–Crippen LogP) is 2.02. The molecule has 0 bridgehead atoms. The van der Waals surface area contributed by atoms with Gasteiger partial charge in [0.2, 0.25) is 0 Å². The number of nitrogens with one attached hydrogen (secondary N) is 1. The lowest BCUT2D eigenvalue weighted by molar-refractivity contribution is 0.282. The molecule has 1 aromatic carbocycles. The van der Waals surface area contributed by atoms with E-state index < -0.39 is 0 Å². The summed E-state index contributed by atoms with van der Waals surface area (Å²) in [6.07, 6.45) is 2.51. The van der Waals surface area contributed by atoms with Crippen molar-refractivity contribution in [1.82, 2.24) is 5.32 Å². The van der Waals surface area contributed by atoms with Gasteiger partial charge in [-0.15, -0.1) is 11.8 Å². The van der Waals surface area contributed by atoms with Crippen molar-refractivity contribution in [3.05, 3.63) is 29.8 Å². The Morgan fingerprint density at radius 1 is 1.20 bits per heavy atom. The second-order valence-corrected chi connectivity index (χ2v) is 5.24. The second-order valence-electron chi connectivity index (χ2n) is 3.87. The molecular weight excluding hydrogens is 206 g/mol. The summed E-state index contributed by atoms with van der Waals surface area (Å²) in [5.74, 6) is 0. The monoisotopic (exact) mass is 223 g/mol. The molecule has 3 heteroatoms. The van der Waals surface area contributed by atoms with Crippen LogP contribution in [0.4, 0.5) is 0 Å². The van der Waals surface area contributed by atoms with E-state index >= 15 is 0 Å². The van der Waals surface area contributed by atoms with E-state index in [1.807, 2.05) is 23.9 Å². The topological polar surface area (TPSA) is 32.3 Å². The number of aliphatic hydroxyl groups excluding tert-OH is 1. The van der Waals surface area contributed by atoms with Gasteiger partial charge in [-0.2, -0.15) is 0 Å². The Kier molecular flexibility index (Phi) is 4.06. The fraction of sp³-hybridized carbons (Fsp3) is 0.500. The number of thioether (sulfide) groups is 1. The molecule has 0 aromatic heterocycles. The molecule has 1 saturated heterocycles. The molecule has 2 nitrogen and oxygen atoms in total. The van der Waals surface area contributed by atoms with E-state index in [-0.39, 0.29) is 6.61 Å². The first-order chi connectivity index (χ1) is 7.38. The first-order valence-electron chi connectivity index (χ1n) is 5.45. The predicted molar refractivity (Wildman–Crippen MR) is 64.1 cm³/mol. The van der Waals surface area contributed by atoms with Gasteiger partial charge in [0, 0.05) is 10.1 Å². The second kappa shape index (κ2) is 5.54. The van der Waals surface area contributed by atoms with Crippen molar-refractivity contribution in [2.24, 2.45) is 0 Å². The Hall–Kier alpha value is -0.510. The maximum absolute atomic E-state index is 8.93. The van der Waals surface area contributed by atoms with Crippen molar-refractivity contribution in [3.63, 3.8) is 0 Å². The summed E-state index contributed by atoms with van der Waals surface area (Å²) in [5, 5.41) is 13.1. The third-order valence-corrected chi connectivity index (χ3v) is 4.04. The molecule has 2 rings (SSSR count). The highest BCUT2D eigenvalue weighted by atomic mass is 32.2. The molecule has 1 fully saturated rings. The molecule has 0 aliphatic carbocycles. The molecule has 1 aliphatic heterocycles. The van der Waals surface area contributed by atoms with Gasteiger partial charge in [-0.25, -0.2) is 0 Å². The van der Waals surface area contributed by atoms with Crippen molar-refractivity contribution >= 4 is 11.8 Å². The lowest BCUT2D eigenvalue weighted by Gasteiger charge is -2.21. The van der Waals surface area contributed by atoms with Crippen LogP contribution in [-0.4, -0.2) is 23.4 Å². The van der Waals surface area contributed by atoms with Gasteiger partial charge < -0.3 is 10.4 Å². The average Bonchev–Trinajstić information content (AvgIpc) is 2.31. The molecular formula is C12H17NOS. The van der Waals surface area contributed by atoms with Crippen molar-refractivity contribution in [1.29, 1.82) is 0 Å². The third-order valence-electron chi connectivity index (χ3n) is 2.69. The molecule has 0 spiro atoms. The minimum atomic E-state index is 0.137. The Balaban J connectivity index is 1.91. The van der Waals surface area contributed by atoms with Crippen molar-refractivity contribution < 1.29 is 5.11 Å². The first kappa shape index (κ1) is 11.0. The van der Waals surface area contributed by atoms with Crippen LogP contribution in [0.15, 0.2) is 29.2 Å². The van der Waals surface area contributed by atoms with E-state index in [1.165, 1.54) is 17.7 Å². The molecule has 0 unspecified atom stereocenters. The van der Waals surface area contributed by atoms with Gasteiger partial charge in [0.15, 0.2) is 0 Å². The summed E-state index contributed by atoms with van der Waals surface area (Å²) in [5.41, 5.74) is 0.990. The molecule has 15 heavy (non-hydrogen) atoms. The standard InChI is InChI=1S/C12H17NOS/c14-9-10-1-3-11(4-2-10)15-12-5-7-13-8-6-12/h1-4,12-14H,5-9H2. The van der Waals surface area contributed by atoms with Crippen LogP contribution in [0.3, 0.4) is 0 Å². The number of aliphatic hydroxyl groups is 1. The molecule has 1 aromatic rings. The number of hydrogen-bond acceptors (Lipinski definition) is 3. The summed E-state index contributed by atoms with van der Waals surface area (Å²) >= 11 is 1.96. The van der Waals surface area contributed by atoms with Gasteiger partial charge in [0.25, 0.3) is 0 Å². The van der Waals surface area contributed by atoms with Crippen LogP contribution in [-0.2, 0) is 6.61 Å². The lowest BCUT2D eigenvalue weighted by atomic mass is 10.2. The summed E-state index contributed by atoms with van der Waals surface area (Å²) < 4.78 is 0. The number of benzene rings is 1. The van der Waals surface area contributed by atoms with Crippen LogP contribution in [0.2, 0.25) is 0 Å². The van der Waals surface area contributed by atoms with E-state index in [0.29, 0.717) is 0 Å². The minimum Gasteiger partial charge on any atom is -0.392 e. The molecule has 82 valence electrons. The zero-order valence-electron chi connectivity index (χ0n) is 8.78. The summed E-state index contributed by atoms with van der Waals surface area (Å²) in [6.45, 7) is 2.43. The molecule has 1 heterocycles. The molecule has 0 amide bonds. The number of rotatable bonds is 3. The zero-order valence-corrected chi connectivity index (χ0v) is 9.59. The fourth-order valence-corrected chi connectivity index (χ4v) is 2.93. The van der Waals surface area contributed by atoms with Gasteiger partial charge >= 0.3 is 0 Å². The summed E-state index contributed by atoms with van der Waals surface area (Å²) in [6, 6.07) is 8.23. The minimum absolute atomic E-state index is 0.137. The van der Waals surface area contributed by atoms with Crippen molar-refractivity contribution in [2.75, 3.05) is 13.1 Å². The van der Waals surface area contributed by atoms with E-state index in [2.05, 4.69) is 17.4 Å². The molecule has 0 saturated carbocycles. The SMILES string of the molecule is OCc1ccc(SC2CCNCC2)cc1. The zero-order chi connectivity index (χ0) is 10.5. The van der Waals surface area contributed by atoms with E-state index in [9.17, 15) is 0 Å². The lowest BCUT2D eigenvalue weighted by Crippen LogP contribution is -2.29. The number of hydrogen-bond donors (Lipinski definition) is 2. The van der Waals surface area contributed by atoms with Gasteiger partial charge in [-0.05, 0) is 43.6 Å². The molecule has 2 N–H and O–H groups in total. The Morgan fingerprint density at radius 2 is 1.87 bits per heavy atom. The average molecular weight is 223 g/mol. The largest absolute Gasteiger partial charge is 0.392 e. The quantitative estimate of drug-likeness (QED) is 0.822. The van der Waals surface area contributed by atoms with Crippen molar-refractivity contribution in [2.45, 2.75) is 29.6 Å². The van der Waals surface area contributed by atoms with Crippen molar-refractivity contribution in [3.8, 4) is 0 Å². The molecule has 1 aliphatic rings.